The number of hydrogen-bond donors (Lipinski definition) is 2. The Balaban J connectivity index is 1.54. The van der Waals surface area contributed by atoms with E-state index in [1.807, 2.05) is 0 Å². The van der Waals surface area contributed by atoms with E-state index in [0.717, 1.165) is 29.2 Å². The number of nitrogens with one attached hydrogen (secondary N) is 2. The largest absolute Gasteiger partial charge is 0.416 e. The molecule has 0 unspecified atom stereocenters. The zero-order valence-electron chi connectivity index (χ0n) is 15.7. The van der Waals surface area contributed by atoms with Gasteiger partial charge in [0.2, 0.25) is 10.0 Å². The molecule has 162 valence electrons. The average molecular weight is 446 g/mol. The standard InChI is InChI=1S/C19H19F4N3O3S/c20-15-4-6-17(7-5-15)30(28,29)26-10-8-25(9-11-26)13-18(27)24-16-3-1-2-14(12-16)19(21,22)23/h1-7,12H,8-11,13H2,(H,24,27)/p+1. The van der Waals surface area contributed by atoms with Crippen LogP contribution in [0.5, 0.6) is 0 Å². The van der Waals surface area contributed by atoms with Gasteiger partial charge in [0.15, 0.2) is 6.54 Å². The zero-order chi connectivity index (χ0) is 21.9. The zero-order valence-corrected chi connectivity index (χ0v) is 16.6. The summed E-state index contributed by atoms with van der Waals surface area (Å²) >= 11 is 0. The summed E-state index contributed by atoms with van der Waals surface area (Å²) in [7, 11) is -3.75. The summed E-state index contributed by atoms with van der Waals surface area (Å²) in [4.78, 5) is 13.0. The summed E-state index contributed by atoms with van der Waals surface area (Å²) in [6.07, 6.45) is -4.50. The van der Waals surface area contributed by atoms with Crippen molar-refractivity contribution in [3.05, 3.63) is 59.9 Å². The summed E-state index contributed by atoms with van der Waals surface area (Å²) in [6.45, 7) is 1.06. The minimum atomic E-state index is -4.50. The lowest BCUT2D eigenvalue weighted by atomic mass is 10.2. The van der Waals surface area contributed by atoms with Crippen LogP contribution >= 0.6 is 0 Å². The summed E-state index contributed by atoms with van der Waals surface area (Å²) in [5.41, 5.74) is -0.806. The number of halogens is 4. The van der Waals surface area contributed by atoms with E-state index in [1.54, 1.807) is 0 Å². The van der Waals surface area contributed by atoms with E-state index < -0.39 is 33.5 Å². The Morgan fingerprint density at radius 2 is 1.70 bits per heavy atom. The smallest absolute Gasteiger partial charge is 0.325 e. The molecule has 0 spiro atoms. The second kappa shape index (κ2) is 8.70. The molecule has 1 aliphatic heterocycles. The number of nitrogens with zero attached hydrogens (tertiary/aromatic N) is 1. The monoisotopic (exact) mass is 446 g/mol. The van der Waals surface area contributed by atoms with Crippen molar-refractivity contribution in [2.75, 3.05) is 38.0 Å². The molecule has 1 aliphatic rings. The molecule has 6 nitrogen and oxygen atoms in total. The van der Waals surface area contributed by atoms with Gasteiger partial charge in [0.25, 0.3) is 5.91 Å². The second-order valence-corrected chi connectivity index (χ2v) is 8.85. The van der Waals surface area contributed by atoms with Gasteiger partial charge in [0.1, 0.15) is 5.82 Å². The molecule has 3 rings (SSSR count). The number of amides is 1. The average Bonchev–Trinajstić information content (AvgIpc) is 2.68. The van der Waals surface area contributed by atoms with Crippen molar-refractivity contribution in [1.82, 2.24) is 4.31 Å². The van der Waals surface area contributed by atoms with Gasteiger partial charge in [-0.05, 0) is 42.5 Å². The molecule has 0 aliphatic carbocycles. The third-order valence-electron chi connectivity index (χ3n) is 4.77. The highest BCUT2D eigenvalue weighted by Crippen LogP contribution is 2.30. The maximum absolute atomic E-state index is 13.0. The van der Waals surface area contributed by atoms with E-state index in [4.69, 9.17) is 0 Å². The third-order valence-corrected chi connectivity index (χ3v) is 6.68. The van der Waals surface area contributed by atoms with Gasteiger partial charge >= 0.3 is 6.18 Å². The fraction of sp³-hybridized carbons (Fsp3) is 0.316. The summed E-state index contributed by atoms with van der Waals surface area (Å²) in [5.74, 6) is -0.992. The van der Waals surface area contributed by atoms with Crippen molar-refractivity contribution in [2.24, 2.45) is 0 Å². The molecule has 2 aromatic rings. The third kappa shape index (κ3) is 5.35. The Morgan fingerprint density at radius 1 is 1.07 bits per heavy atom. The Hall–Kier alpha value is -2.50. The van der Waals surface area contributed by atoms with Crippen LogP contribution in [0.25, 0.3) is 0 Å². The van der Waals surface area contributed by atoms with E-state index in [2.05, 4.69) is 5.32 Å². The lowest BCUT2D eigenvalue weighted by Crippen LogP contribution is -3.15. The van der Waals surface area contributed by atoms with E-state index in [9.17, 15) is 30.8 Å². The molecule has 1 fully saturated rings. The molecule has 0 atom stereocenters. The fourth-order valence-electron chi connectivity index (χ4n) is 3.18. The Kier molecular flexibility index (Phi) is 6.44. The lowest BCUT2D eigenvalue weighted by Gasteiger charge is -2.31. The molecule has 0 bridgehead atoms. The summed E-state index contributed by atoms with van der Waals surface area (Å²) in [5, 5.41) is 2.45. The first-order valence-corrected chi connectivity index (χ1v) is 10.6. The molecule has 1 heterocycles. The minimum Gasteiger partial charge on any atom is -0.325 e. The van der Waals surface area contributed by atoms with Crippen LogP contribution in [0.15, 0.2) is 53.4 Å². The molecule has 11 heteroatoms. The van der Waals surface area contributed by atoms with Gasteiger partial charge in [0, 0.05) is 5.69 Å². The van der Waals surface area contributed by atoms with E-state index >= 15 is 0 Å². The van der Waals surface area contributed by atoms with E-state index in [0.29, 0.717) is 13.1 Å². The predicted octanol–water partition coefficient (Wildman–Crippen LogP) is 1.37. The van der Waals surface area contributed by atoms with Crippen molar-refractivity contribution in [3.8, 4) is 0 Å². The molecule has 2 aromatic carbocycles. The topological polar surface area (TPSA) is 70.9 Å². The van der Waals surface area contributed by atoms with E-state index in [-0.39, 0.29) is 30.2 Å². The van der Waals surface area contributed by atoms with Crippen molar-refractivity contribution in [3.63, 3.8) is 0 Å². The van der Waals surface area contributed by atoms with Crippen molar-refractivity contribution >= 4 is 21.6 Å². The highest BCUT2D eigenvalue weighted by atomic mass is 32.2. The number of alkyl halides is 3. The van der Waals surface area contributed by atoms with Crippen LogP contribution in [0.1, 0.15) is 5.56 Å². The van der Waals surface area contributed by atoms with Crippen LogP contribution in [0.2, 0.25) is 0 Å². The number of rotatable bonds is 5. The Labute approximate surface area is 171 Å². The molecule has 1 saturated heterocycles. The lowest BCUT2D eigenvalue weighted by molar-refractivity contribution is -0.895. The Bertz CT molecular complexity index is 1000. The Morgan fingerprint density at radius 3 is 2.30 bits per heavy atom. The van der Waals surface area contributed by atoms with Gasteiger partial charge in [-0.1, -0.05) is 6.07 Å². The molecule has 0 aromatic heterocycles. The number of benzene rings is 2. The maximum Gasteiger partial charge on any atom is 0.416 e. The second-order valence-electron chi connectivity index (χ2n) is 6.91. The van der Waals surface area contributed by atoms with Crippen molar-refractivity contribution < 1.29 is 35.7 Å². The number of piperazine rings is 1. The molecular weight excluding hydrogens is 426 g/mol. The first-order valence-electron chi connectivity index (χ1n) is 9.12. The normalized spacial score (nSPS) is 16.4. The minimum absolute atomic E-state index is 0.000676. The number of carbonyl (C=O) groups excluding carboxylic acids is 1. The van der Waals surface area contributed by atoms with Crippen LogP contribution in [0.3, 0.4) is 0 Å². The van der Waals surface area contributed by atoms with Crippen LogP contribution < -0.4 is 10.2 Å². The van der Waals surface area contributed by atoms with Gasteiger partial charge in [0.05, 0.1) is 36.6 Å². The summed E-state index contributed by atoms with van der Waals surface area (Å²) in [6, 6.07) is 8.92. The van der Waals surface area contributed by atoms with Crippen molar-refractivity contribution in [2.45, 2.75) is 11.1 Å². The van der Waals surface area contributed by atoms with Gasteiger partial charge in [-0.25, -0.2) is 12.8 Å². The molecule has 30 heavy (non-hydrogen) atoms. The number of anilines is 1. The quantitative estimate of drug-likeness (QED) is 0.682. The molecule has 2 N–H and O–H groups in total. The van der Waals surface area contributed by atoms with Crippen LogP contribution in [0.4, 0.5) is 23.2 Å². The maximum atomic E-state index is 13.0. The highest BCUT2D eigenvalue weighted by molar-refractivity contribution is 7.89. The summed E-state index contributed by atoms with van der Waals surface area (Å²) < 4.78 is 77.8. The van der Waals surface area contributed by atoms with Gasteiger partial charge in [-0.3, -0.25) is 4.79 Å². The van der Waals surface area contributed by atoms with Gasteiger partial charge in [-0.15, -0.1) is 0 Å². The van der Waals surface area contributed by atoms with E-state index in [1.165, 1.54) is 28.6 Å². The number of carbonyl (C=O) groups is 1. The van der Waals surface area contributed by atoms with Crippen LogP contribution in [-0.4, -0.2) is 51.4 Å². The number of quaternary nitrogens is 1. The van der Waals surface area contributed by atoms with Gasteiger partial charge in [-0.2, -0.15) is 17.5 Å². The predicted molar refractivity (Wildman–Crippen MR) is 101 cm³/mol. The fourth-order valence-corrected chi connectivity index (χ4v) is 4.62. The molecule has 1 amide bonds. The van der Waals surface area contributed by atoms with Crippen LogP contribution in [0, 0.1) is 5.82 Å². The SMILES string of the molecule is O=C(C[NH+]1CCN(S(=O)(=O)c2ccc(F)cc2)CC1)Nc1cccc(C(F)(F)F)c1. The van der Waals surface area contributed by atoms with Crippen LogP contribution in [-0.2, 0) is 21.0 Å². The highest BCUT2D eigenvalue weighted by Gasteiger charge is 2.32. The molecule has 0 radical (unpaired) electrons. The first-order chi connectivity index (χ1) is 14.1. The van der Waals surface area contributed by atoms with Gasteiger partial charge < -0.3 is 10.2 Å². The number of sulfonamides is 1. The van der Waals surface area contributed by atoms with Crippen molar-refractivity contribution in [1.29, 1.82) is 0 Å². The molecule has 0 saturated carbocycles. The first kappa shape index (κ1) is 22.2. The molecular formula is C19H20F4N3O3S+. The number of hydrogen-bond acceptors (Lipinski definition) is 3.